The van der Waals surface area contributed by atoms with E-state index in [-0.39, 0.29) is 32.1 Å². The van der Waals surface area contributed by atoms with Crippen LogP contribution in [-0.2, 0) is 21.2 Å². The number of aromatic nitrogens is 1. The highest BCUT2D eigenvalue weighted by atomic mass is 32.2. The number of carbonyl (C=O) groups is 2. The first kappa shape index (κ1) is 22.8. The second kappa shape index (κ2) is 8.35. The van der Waals surface area contributed by atoms with Crippen molar-refractivity contribution in [3.05, 3.63) is 23.5 Å². The minimum atomic E-state index is -3.85. The molecule has 0 radical (unpaired) electrons. The lowest BCUT2D eigenvalue weighted by atomic mass is 10.1. The normalized spacial score (nSPS) is 22.1. The summed E-state index contributed by atoms with van der Waals surface area (Å²) < 4.78 is 37.7. The summed E-state index contributed by atoms with van der Waals surface area (Å²) in [5.74, 6) is 9.37. The molecule has 2 amide bonds. The van der Waals surface area contributed by atoms with Crippen molar-refractivity contribution in [2.45, 2.75) is 36.7 Å². The van der Waals surface area contributed by atoms with E-state index in [0.717, 1.165) is 6.26 Å². The van der Waals surface area contributed by atoms with Crippen LogP contribution < -0.4 is 10.8 Å². The fraction of sp³-hybridized carbons (Fsp3) is 0.500. The van der Waals surface area contributed by atoms with Crippen LogP contribution in [0.3, 0.4) is 0 Å². The number of nitrogens with zero attached hydrogens (tertiary/aromatic N) is 2. The summed E-state index contributed by atoms with van der Waals surface area (Å²) in [5, 5.41) is 11.8. The van der Waals surface area contributed by atoms with Gasteiger partial charge in [-0.15, -0.1) is 0 Å². The number of sulfone groups is 1. The molecule has 0 bridgehead atoms. The Balaban J connectivity index is 1.66. The quantitative estimate of drug-likeness (QED) is 0.331. The Kier molecular flexibility index (Phi) is 6.14. The van der Waals surface area contributed by atoms with Crippen LogP contribution in [0.15, 0.2) is 12.3 Å². The number of nitrogens with one attached hydrogen (secondary N) is 2. The van der Waals surface area contributed by atoms with Gasteiger partial charge in [0.2, 0.25) is 0 Å². The van der Waals surface area contributed by atoms with Crippen LogP contribution in [0.4, 0.5) is 9.18 Å². The van der Waals surface area contributed by atoms with E-state index < -0.39 is 26.2 Å². The summed E-state index contributed by atoms with van der Waals surface area (Å²) in [6, 6.07) is 1.32. The van der Waals surface area contributed by atoms with E-state index >= 15 is 0 Å². The number of hydrogen-bond donors (Lipinski definition) is 3. The summed E-state index contributed by atoms with van der Waals surface area (Å²) in [6.07, 6.45) is 2.58. The van der Waals surface area contributed by atoms with E-state index in [1.54, 1.807) is 6.07 Å². The molecule has 0 aliphatic carbocycles. The van der Waals surface area contributed by atoms with Crippen molar-refractivity contribution in [3.8, 4) is 23.7 Å². The third-order valence-electron chi connectivity index (χ3n) is 5.65. The van der Waals surface area contributed by atoms with Crippen LogP contribution in [0, 0.1) is 23.7 Å². The Bertz CT molecular complexity index is 1130. The highest BCUT2D eigenvalue weighted by molar-refractivity contribution is 7.92. The molecule has 166 valence electrons. The first-order valence-electron chi connectivity index (χ1n) is 9.57. The zero-order valence-corrected chi connectivity index (χ0v) is 18.0. The van der Waals surface area contributed by atoms with Crippen LogP contribution in [0.1, 0.15) is 31.0 Å². The van der Waals surface area contributed by atoms with Gasteiger partial charge in [0.25, 0.3) is 5.91 Å². The maximum Gasteiger partial charge on any atom is 0.328 e. The lowest BCUT2D eigenvalue weighted by Crippen LogP contribution is -2.50. The maximum atomic E-state index is 14.1. The second-order valence-corrected chi connectivity index (χ2v) is 10.3. The van der Waals surface area contributed by atoms with Crippen LogP contribution >= 0.6 is 0 Å². The summed E-state index contributed by atoms with van der Waals surface area (Å²) in [6.45, 7) is 2.18. The van der Waals surface area contributed by atoms with Crippen molar-refractivity contribution >= 4 is 21.8 Å². The van der Waals surface area contributed by atoms with Gasteiger partial charge in [0.15, 0.2) is 20.3 Å². The van der Waals surface area contributed by atoms with E-state index in [4.69, 9.17) is 5.21 Å². The summed E-state index contributed by atoms with van der Waals surface area (Å²) in [7, 11) is -3.85. The number of hydrogen-bond acceptors (Lipinski definition) is 6. The highest BCUT2D eigenvalue weighted by Crippen LogP contribution is 2.25. The average Bonchev–Trinajstić information content (AvgIpc) is 3.39. The largest absolute Gasteiger partial charge is 0.328 e. The fourth-order valence-corrected chi connectivity index (χ4v) is 4.26. The van der Waals surface area contributed by atoms with E-state index in [1.807, 2.05) is 0 Å². The number of fused-ring (bicyclic) bond motifs is 1. The van der Waals surface area contributed by atoms with Crippen LogP contribution in [0.2, 0.25) is 0 Å². The van der Waals surface area contributed by atoms with Crippen LogP contribution in [0.25, 0.3) is 0 Å². The monoisotopic (exact) mass is 450 g/mol. The third-order valence-corrected chi connectivity index (χ3v) is 7.67. The highest BCUT2D eigenvalue weighted by Gasteiger charge is 2.44. The van der Waals surface area contributed by atoms with Gasteiger partial charge in [-0.1, -0.05) is 5.92 Å². The second-order valence-electron chi connectivity index (χ2n) is 7.88. The SMILES string of the molecule is C[C@@](CCN1Cc2cc(C#CC#CC3(F)CCNC3)cn2C1=O)(C(=O)NO)S(C)(=O)=O. The van der Waals surface area contributed by atoms with Gasteiger partial charge in [0.05, 0.1) is 6.54 Å². The van der Waals surface area contributed by atoms with Gasteiger partial charge in [-0.05, 0) is 43.7 Å². The van der Waals surface area contributed by atoms with Crippen LogP contribution in [0.5, 0.6) is 0 Å². The molecule has 1 unspecified atom stereocenters. The minimum absolute atomic E-state index is 0.00336. The topological polar surface area (TPSA) is 121 Å². The molecule has 3 heterocycles. The van der Waals surface area contributed by atoms with Crippen molar-refractivity contribution in [1.29, 1.82) is 0 Å². The molecule has 0 saturated carbocycles. The number of halogens is 1. The molecule has 1 fully saturated rings. The Morgan fingerprint density at radius 1 is 1.45 bits per heavy atom. The molecular formula is C20H23FN4O5S. The molecule has 9 nitrogen and oxygen atoms in total. The Morgan fingerprint density at radius 3 is 2.77 bits per heavy atom. The number of amides is 2. The van der Waals surface area contributed by atoms with Gasteiger partial charge >= 0.3 is 6.03 Å². The molecule has 11 heteroatoms. The first-order chi connectivity index (χ1) is 14.5. The van der Waals surface area contributed by atoms with Gasteiger partial charge in [-0.2, -0.15) is 0 Å². The molecule has 31 heavy (non-hydrogen) atoms. The summed E-state index contributed by atoms with van der Waals surface area (Å²) >= 11 is 0. The number of carbonyl (C=O) groups excluding carboxylic acids is 2. The summed E-state index contributed by atoms with van der Waals surface area (Å²) in [5.41, 5.74) is 1.03. The molecule has 2 atom stereocenters. The Morgan fingerprint density at radius 2 is 2.19 bits per heavy atom. The molecule has 1 saturated heterocycles. The van der Waals surface area contributed by atoms with E-state index in [0.29, 0.717) is 24.2 Å². The zero-order chi connectivity index (χ0) is 22.9. The van der Waals surface area contributed by atoms with E-state index in [2.05, 4.69) is 29.0 Å². The standard InChI is InChI=1S/C20H23FN4O5S/c1-19(17(26)23-28,31(2,29)30)8-10-24-13-16-11-15(12-25(16)18(24)27)5-3-4-6-20(21)7-9-22-14-20/h11-12,22,28H,7-10,13-14H2,1-2H3,(H,23,26)/t19-,20?/m1/s1. The molecule has 0 aromatic carbocycles. The fourth-order valence-electron chi connectivity index (χ4n) is 3.42. The Hall–Kier alpha value is -2.86. The van der Waals surface area contributed by atoms with Gasteiger partial charge < -0.3 is 10.2 Å². The Labute approximate surface area is 179 Å². The van der Waals surface area contributed by atoms with Gasteiger partial charge in [0, 0.05) is 43.2 Å². The molecular weight excluding hydrogens is 427 g/mol. The molecule has 1 aromatic rings. The van der Waals surface area contributed by atoms with Crippen LogP contribution in [-0.4, -0.2) is 71.3 Å². The number of hydroxylamine groups is 1. The minimum Gasteiger partial charge on any atom is -0.318 e. The molecule has 3 N–H and O–H groups in total. The maximum absolute atomic E-state index is 14.1. The molecule has 3 rings (SSSR count). The predicted molar refractivity (Wildman–Crippen MR) is 109 cm³/mol. The average molecular weight is 450 g/mol. The van der Waals surface area contributed by atoms with Crippen molar-refractivity contribution in [3.63, 3.8) is 0 Å². The van der Waals surface area contributed by atoms with E-state index in [9.17, 15) is 22.4 Å². The van der Waals surface area contributed by atoms with Crippen molar-refractivity contribution in [1.82, 2.24) is 20.3 Å². The molecule has 1 aromatic heterocycles. The van der Waals surface area contributed by atoms with Gasteiger partial charge in [-0.25, -0.2) is 23.1 Å². The van der Waals surface area contributed by atoms with Crippen molar-refractivity contribution < 1.29 is 27.6 Å². The molecule has 0 spiro atoms. The molecule has 2 aliphatic rings. The third kappa shape index (κ3) is 4.59. The van der Waals surface area contributed by atoms with Gasteiger partial charge in [-0.3, -0.25) is 14.6 Å². The van der Waals surface area contributed by atoms with Gasteiger partial charge in [0.1, 0.15) is 0 Å². The lowest BCUT2D eigenvalue weighted by Gasteiger charge is -2.27. The van der Waals surface area contributed by atoms with E-state index in [1.165, 1.54) is 28.1 Å². The first-order valence-corrected chi connectivity index (χ1v) is 11.5. The summed E-state index contributed by atoms with van der Waals surface area (Å²) in [4.78, 5) is 25.9. The van der Waals surface area contributed by atoms with Crippen molar-refractivity contribution in [2.75, 3.05) is 25.9 Å². The number of rotatable bonds is 5. The smallest absolute Gasteiger partial charge is 0.318 e. The lowest BCUT2D eigenvalue weighted by molar-refractivity contribution is -0.131. The number of alkyl halides is 1. The molecule has 2 aliphatic heterocycles. The predicted octanol–water partition coefficient (Wildman–Crippen LogP) is 0.0271. The van der Waals surface area contributed by atoms with Crippen molar-refractivity contribution in [2.24, 2.45) is 0 Å². The zero-order valence-electron chi connectivity index (χ0n) is 17.2.